The van der Waals surface area contributed by atoms with Gasteiger partial charge in [0, 0.05) is 24.1 Å². The van der Waals surface area contributed by atoms with E-state index in [9.17, 15) is 4.79 Å². The lowest BCUT2D eigenvalue weighted by atomic mass is 9.96. The van der Waals surface area contributed by atoms with Crippen LogP contribution in [-0.4, -0.2) is 41.8 Å². The van der Waals surface area contributed by atoms with Crippen LogP contribution in [0.4, 0.5) is 0 Å². The molecule has 0 aromatic heterocycles. The fourth-order valence-corrected chi connectivity index (χ4v) is 3.50. The second kappa shape index (κ2) is 6.60. The zero-order valence-corrected chi connectivity index (χ0v) is 14.0. The van der Waals surface area contributed by atoms with Crippen LogP contribution >= 0.6 is 0 Å². The van der Waals surface area contributed by atoms with E-state index in [1.807, 2.05) is 29.2 Å². The Morgan fingerprint density at radius 3 is 2.74 bits per heavy atom. The Morgan fingerprint density at radius 1 is 1.30 bits per heavy atom. The third kappa shape index (κ3) is 3.19. The topological polar surface area (TPSA) is 51.1 Å². The average Bonchev–Trinajstić information content (AvgIpc) is 3.04. The SMILES string of the molecule is COc1cccc(C2=NOC(C(=O)N3C(C)CCCC3C)C2)c1. The van der Waals surface area contributed by atoms with Crippen molar-refractivity contribution in [2.24, 2.45) is 5.16 Å². The quantitative estimate of drug-likeness (QED) is 0.861. The molecule has 1 fully saturated rings. The minimum Gasteiger partial charge on any atom is -0.497 e. The highest BCUT2D eigenvalue weighted by molar-refractivity contribution is 6.04. The molecule has 0 aliphatic carbocycles. The van der Waals surface area contributed by atoms with Crippen molar-refractivity contribution in [2.45, 2.75) is 57.7 Å². The molecule has 1 saturated heterocycles. The molecule has 2 aliphatic rings. The number of hydrogen-bond donors (Lipinski definition) is 0. The molecule has 5 nitrogen and oxygen atoms in total. The fourth-order valence-electron chi connectivity index (χ4n) is 3.50. The molecule has 0 bridgehead atoms. The molecule has 124 valence electrons. The number of carbonyl (C=O) groups excluding carboxylic acids is 1. The lowest BCUT2D eigenvalue weighted by molar-refractivity contribution is -0.148. The van der Waals surface area contributed by atoms with E-state index in [1.165, 1.54) is 6.42 Å². The molecular formula is C18H24N2O3. The summed E-state index contributed by atoms with van der Waals surface area (Å²) in [5.41, 5.74) is 1.75. The van der Waals surface area contributed by atoms with Gasteiger partial charge in [0.15, 0.2) is 0 Å². The van der Waals surface area contributed by atoms with Gasteiger partial charge in [0.05, 0.1) is 12.8 Å². The van der Waals surface area contributed by atoms with Crippen LogP contribution in [0.1, 0.15) is 45.1 Å². The highest BCUT2D eigenvalue weighted by Gasteiger charge is 2.37. The molecule has 0 saturated carbocycles. The van der Waals surface area contributed by atoms with Crippen molar-refractivity contribution >= 4 is 11.6 Å². The van der Waals surface area contributed by atoms with Gasteiger partial charge in [0.1, 0.15) is 5.75 Å². The van der Waals surface area contributed by atoms with Crippen molar-refractivity contribution in [3.05, 3.63) is 29.8 Å². The lowest BCUT2D eigenvalue weighted by Crippen LogP contribution is -2.51. The number of amides is 1. The van der Waals surface area contributed by atoms with E-state index in [4.69, 9.17) is 9.57 Å². The molecule has 3 rings (SSSR count). The first-order valence-electron chi connectivity index (χ1n) is 8.29. The highest BCUT2D eigenvalue weighted by atomic mass is 16.6. The number of nitrogens with zero attached hydrogens (tertiary/aromatic N) is 2. The Kier molecular flexibility index (Phi) is 4.55. The van der Waals surface area contributed by atoms with E-state index in [2.05, 4.69) is 19.0 Å². The molecule has 3 atom stereocenters. The number of rotatable bonds is 3. The molecule has 2 heterocycles. The minimum atomic E-state index is -0.501. The van der Waals surface area contributed by atoms with Gasteiger partial charge in [0.25, 0.3) is 5.91 Å². The predicted molar refractivity (Wildman–Crippen MR) is 88.6 cm³/mol. The van der Waals surface area contributed by atoms with E-state index in [1.54, 1.807) is 7.11 Å². The van der Waals surface area contributed by atoms with Crippen LogP contribution < -0.4 is 4.74 Å². The van der Waals surface area contributed by atoms with E-state index in [0.717, 1.165) is 29.9 Å². The van der Waals surface area contributed by atoms with Gasteiger partial charge in [-0.15, -0.1) is 0 Å². The summed E-state index contributed by atoms with van der Waals surface area (Å²) in [4.78, 5) is 20.3. The Morgan fingerprint density at radius 2 is 2.04 bits per heavy atom. The largest absolute Gasteiger partial charge is 0.497 e. The molecule has 3 unspecified atom stereocenters. The Labute approximate surface area is 137 Å². The smallest absolute Gasteiger partial charge is 0.267 e. The molecule has 0 N–H and O–H groups in total. The summed E-state index contributed by atoms with van der Waals surface area (Å²) in [5.74, 6) is 0.838. The number of methoxy groups -OCH3 is 1. The van der Waals surface area contributed by atoms with Gasteiger partial charge >= 0.3 is 0 Å². The molecule has 1 amide bonds. The maximum atomic E-state index is 12.8. The van der Waals surface area contributed by atoms with E-state index in [0.29, 0.717) is 6.42 Å². The number of oxime groups is 1. The Balaban J connectivity index is 1.69. The van der Waals surface area contributed by atoms with Crippen LogP contribution in [-0.2, 0) is 9.63 Å². The van der Waals surface area contributed by atoms with Crippen LogP contribution in [0.5, 0.6) is 5.75 Å². The average molecular weight is 316 g/mol. The van der Waals surface area contributed by atoms with E-state index < -0.39 is 6.10 Å². The maximum Gasteiger partial charge on any atom is 0.267 e. The first-order valence-corrected chi connectivity index (χ1v) is 8.29. The monoisotopic (exact) mass is 316 g/mol. The summed E-state index contributed by atoms with van der Waals surface area (Å²) in [7, 11) is 1.64. The van der Waals surface area contributed by atoms with Crippen LogP contribution in [0.3, 0.4) is 0 Å². The van der Waals surface area contributed by atoms with Gasteiger partial charge in [0.2, 0.25) is 6.10 Å². The van der Waals surface area contributed by atoms with Crippen molar-refractivity contribution in [2.75, 3.05) is 7.11 Å². The molecule has 23 heavy (non-hydrogen) atoms. The van der Waals surface area contributed by atoms with E-state index in [-0.39, 0.29) is 18.0 Å². The van der Waals surface area contributed by atoms with Gasteiger partial charge in [-0.1, -0.05) is 17.3 Å². The summed E-state index contributed by atoms with van der Waals surface area (Å²) in [6, 6.07) is 8.23. The number of carbonyl (C=O) groups is 1. The number of hydrogen-bond acceptors (Lipinski definition) is 4. The predicted octanol–water partition coefficient (Wildman–Crippen LogP) is 2.98. The third-order valence-corrected chi connectivity index (χ3v) is 4.80. The molecule has 1 aromatic rings. The second-order valence-electron chi connectivity index (χ2n) is 6.44. The molecular weight excluding hydrogens is 292 g/mol. The third-order valence-electron chi connectivity index (χ3n) is 4.80. The van der Waals surface area contributed by atoms with Crippen molar-refractivity contribution in [3.8, 4) is 5.75 Å². The molecule has 0 radical (unpaired) electrons. The molecule has 0 spiro atoms. The van der Waals surface area contributed by atoms with Crippen LogP contribution in [0.2, 0.25) is 0 Å². The molecule has 5 heteroatoms. The normalized spacial score (nSPS) is 27.3. The summed E-state index contributed by atoms with van der Waals surface area (Å²) in [6.07, 6.45) is 3.32. The number of ether oxygens (including phenoxy) is 1. The first-order chi connectivity index (χ1) is 11.1. The van der Waals surface area contributed by atoms with Crippen LogP contribution in [0.15, 0.2) is 29.4 Å². The van der Waals surface area contributed by atoms with Gasteiger partial charge in [-0.3, -0.25) is 4.79 Å². The van der Waals surface area contributed by atoms with Gasteiger partial charge in [-0.25, -0.2) is 0 Å². The van der Waals surface area contributed by atoms with Gasteiger partial charge in [-0.2, -0.15) is 0 Å². The summed E-state index contributed by atoms with van der Waals surface area (Å²) in [6.45, 7) is 4.23. The summed E-state index contributed by atoms with van der Waals surface area (Å²) >= 11 is 0. The van der Waals surface area contributed by atoms with Crippen molar-refractivity contribution in [3.63, 3.8) is 0 Å². The fraction of sp³-hybridized carbons (Fsp3) is 0.556. The zero-order valence-electron chi connectivity index (χ0n) is 14.0. The molecule has 1 aromatic carbocycles. The first kappa shape index (κ1) is 15.8. The van der Waals surface area contributed by atoms with Gasteiger partial charge in [-0.05, 0) is 45.2 Å². The standard InChI is InChI=1S/C18H24N2O3/c1-12-6-4-7-13(2)20(12)18(21)17-11-16(19-23-17)14-8-5-9-15(10-14)22-3/h5,8-10,12-13,17H,4,6-7,11H2,1-3H3. The van der Waals surface area contributed by atoms with E-state index >= 15 is 0 Å². The van der Waals surface area contributed by atoms with Crippen molar-refractivity contribution in [1.82, 2.24) is 4.90 Å². The lowest BCUT2D eigenvalue weighted by Gasteiger charge is -2.39. The number of benzene rings is 1. The van der Waals surface area contributed by atoms with Crippen molar-refractivity contribution < 1.29 is 14.4 Å². The highest BCUT2D eigenvalue weighted by Crippen LogP contribution is 2.27. The second-order valence-corrected chi connectivity index (χ2v) is 6.44. The van der Waals surface area contributed by atoms with Crippen molar-refractivity contribution in [1.29, 1.82) is 0 Å². The Bertz CT molecular complexity index is 604. The molecule has 2 aliphatic heterocycles. The summed E-state index contributed by atoms with van der Waals surface area (Å²) in [5, 5.41) is 4.14. The summed E-state index contributed by atoms with van der Waals surface area (Å²) < 4.78 is 5.24. The van der Waals surface area contributed by atoms with Gasteiger partial charge < -0.3 is 14.5 Å². The maximum absolute atomic E-state index is 12.8. The van der Waals surface area contributed by atoms with Crippen LogP contribution in [0, 0.1) is 0 Å². The number of piperidine rings is 1. The number of likely N-dealkylation sites (tertiary alicyclic amines) is 1. The van der Waals surface area contributed by atoms with Crippen LogP contribution in [0.25, 0.3) is 0 Å². The zero-order chi connectivity index (χ0) is 16.4. The Hall–Kier alpha value is -2.04. The minimum absolute atomic E-state index is 0.0614.